The molecule has 0 saturated heterocycles. The Morgan fingerprint density at radius 2 is 2.27 bits per heavy atom. The van der Waals surface area contributed by atoms with Gasteiger partial charge in [-0.05, 0) is 26.8 Å². The Hall–Kier alpha value is -2.62. The predicted octanol–water partition coefficient (Wildman–Crippen LogP) is 1.19. The molecule has 0 aromatic carbocycles. The van der Waals surface area contributed by atoms with E-state index in [-0.39, 0.29) is 17.4 Å². The van der Waals surface area contributed by atoms with E-state index >= 15 is 0 Å². The molecule has 0 bridgehead atoms. The fourth-order valence-corrected chi connectivity index (χ4v) is 2.45. The fraction of sp³-hybridized carbons (Fsp3) is 0.467. The summed E-state index contributed by atoms with van der Waals surface area (Å²) in [5.74, 6) is -0.520. The minimum Gasteiger partial charge on any atom is -0.338 e. The summed E-state index contributed by atoms with van der Waals surface area (Å²) in [5, 5.41) is 11.9. The van der Waals surface area contributed by atoms with E-state index in [2.05, 4.69) is 16.2 Å². The number of fused-ring (bicyclic) bond motifs is 1. The summed E-state index contributed by atoms with van der Waals surface area (Å²) in [6, 6.07) is 3.75. The average Bonchev–Trinajstić information content (AvgIpc) is 2.77. The van der Waals surface area contributed by atoms with Gasteiger partial charge in [-0.1, -0.05) is 0 Å². The largest absolute Gasteiger partial charge is 0.338 e. The molecule has 2 heterocycles. The minimum absolute atomic E-state index is 0.253. The van der Waals surface area contributed by atoms with Crippen LogP contribution in [0.3, 0.4) is 0 Å². The maximum absolute atomic E-state index is 12.8. The number of nitriles is 1. The number of nitrogens with zero attached hydrogens (tertiary/aromatic N) is 4. The van der Waals surface area contributed by atoms with Crippen molar-refractivity contribution in [1.29, 1.82) is 5.26 Å². The predicted molar refractivity (Wildman–Crippen MR) is 82.4 cm³/mol. The molecule has 1 atom stereocenters. The van der Waals surface area contributed by atoms with E-state index in [4.69, 9.17) is 5.26 Å². The molecule has 116 valence electrons. The normalized spacial score (nSPS) is 12.1. The van der Waals surface area contributed by atoms with Gasteiger partial charge in [-0.3, -0.25) is 19.4 Å². The van der Waals surface area contributed by atoms with Crippen molar-refractivity contribution in [3.05, 3.63) is 27.7 Å². The van der Waals surface area contributed by atoms with Gasteiger partial charge >= 0.3 is 0 Å². The second-order valence-electron chi connectivity index (χ2n) is 5.38. The SMILES string of the molecule is CCN(CC(C)C#N)C(=O)c1cc(C)nc2c1c(=O)[nH]n2C. The van der Waals surface area contributed by atoms with Crippen molar-refractivity contribution in [2.45, 2.75) is 20.8 Å². The summed E-state index contributed by atoms with van der Waals surface area (Å²) in [7, 11) is 1.68. The summed E-state index contributed by atoms with van der Waals surface area (Å²) in [5.41, 5.74) is 1.11. The topological polar surface area (TPSA) is 94.8 Å². The van der Waals surface area contributed by atoms with Gasteiger partial charge in [0.15, 0.2) is 5.65 Å². The van der Waals surface area contributed by atoms with Crippen molar-refractivity contribution >= 4 is 16.9 Å². The number of nitrogens with one attached hydrogen (secondary N) is 1. The number of carbonyl (C=O) groups is 1. The molecule has 1 N–H and O–H groups in total. The molecule has 0 saturated carbocycles. The third-order valence-electron chi connectivity index (χ3n) is 3.56. The number of hydrogen-bond donors (Lipinski definition) is 1. The highest BCUT2D eigenvalue weighted by Gasteiger charge is 2.22. The molecular weight excluding hydrogens is 282 g/mol. The quantitative estimate of drug-likeness (QED) is 0.917. The Bertz CT molecular complexity index is 812. The third kappa shape index (κ3) is 2.72. The maximum atomic E-state index is 12.8. The van der Waals surface area contributed by atoms with Gasteiger partial charge in [0, 0.05) is 25.8 Å². The van der Waals surface area contributed by atoms with Crippen molar-refractivity contribution in [1.82, 2.24) is 19.7 Å². The Balaban J connectivity index is 2.56. The fourth-order valence-electron chi connectivity index (χ4n) is 2.45. The Morgan fingerprint density at radius 3 is 2.86 bits per heavy atom. The summed E-state index contributed by atoms with van der Waals surface area (Å²) in [6.45, 7) is 6.20. The summed E-state index contributed by atoms with van der Waals surface area (Å²) in [6.07, 6.45) is 0. The highest BCUT2D eigenvalue weighted by molar-refractivity contribution is 6.05. The van der Waals surface area contributed by atoms with Crippen LogP contribution >= 0.6 is 0 Å². The molecule has 2 aromatic rings. The molecule has 7 heteroatoms. The molecule has 0 radical (unpaired) electrons. The molecule has 1 unspecified atom stereocenters. The lowest BCUT2D eigenvalue weighted by Gasteiger charge is -2.22. The van der Waals surface area contributed by atoms with Crippen molar-refractivity contribution in [2.24, 2.45) is 13.0 Å². The van der Waals surface area contributed by atoms with E-state index in [0.717, 1.165) is 0 Å². The highest BCUT2D eigenvalue weighted by Crippen LogP contribution is 2.17. The van der Waals surface area contributed by atoms with E-state index in [0.29, 0.717) is 35.4 Å². The van der Waals surface area contributed by atoms with Crippen LogP contribution in [-0.2, 0) is 7.05 Å². The van der Waals surface area contributed by atoms with Gasteiger partial charge in [0.2, 0.25) is 0 Å². The number of H-pyrrole nitrogens is 1. The van der Waals surface area contributed by atoms with Crippen LogP contribution in [0.5, 0.6) is 0 Å². The van der Waals surface area contributed by atoms with Gasteiger partial charge in [0.1, 0.15) is 0 Å². The molecule has 2 aromatic heterocycles. The second-order valence-corrected chi connectivity index (χ2v) is 5.38. The Morgan fingerprint density at radius 1 is 1.59 bits per heavy atom. The molecule has 0 spiro atoms. The summed E-state index contributed by atoms with van der Waals surface area (Å²) >= 11 is 0. The lowest BCUT2D eigenvalue weighted by molar-refractivity contribution is 0.0754. The number of aromatic amines is 1. The average molecular weight is 301 g/mol. The molecule has 0 fully saturated rings. The van der Waals surface area contributed by atoms with Gasteiger partial charge < -0.3 is 4.90 Å². The molecule has 2 rings (SSSR count). The first kappa shape index (κ1) is 15.8. The van der Waals surface area contributed by atoms with Gasteiger partial charge in [-0.15, -0.1) is 0 Å². The third-order valence-corrected chi connectivity index (χ3v) is 3.56. The number of pyridine rings is 1. The number of carbonyl (C=O) groups excluding carboxylic acids is 1. The van der Waals surface area contributed by atoms with Gasteiger partial charge in [0.05, 0.1) is 22.9 Å². The molecule has 0 aliphatic carbocycles. The van der Waals surface area contributed by atoms with E-state index in [9.17, 15) is 9.59 Å². The molecule has 0 aliphatic rings. The molecular formula is C15H19N5O2. The zero-order valence-electron chi connectivity index (χ0n) is 13.2. The second kappa shape index (κ2) is 6.02. The number of aryl methyl sites for hydroxylation is 2. The number of aromatic nitrogens is 3. The number of amides is 1. The molecule has 1 amide bonds. The van der Waals surface area contributed by atoms with Crippen LogP contribution in [0.25, 0.3) is 11.0 Å². The molecule has 0 aliphatic heterocycles. The standard InChI is InChI=1S/C15H19N5O2/c1-5-20(8-9(2)7-16)15(22)11-6-10(3)17-13-12(11)14(21)18-19(13)4/h6,9H,5,8H2,1-4H3,(H,18,21). The van der Waals surface area contributed by atoms with Gasteiger partial charge in [-0.2, -0.15) is 5.26 Å². The lowest BCUT2D eigenvalue weighted by atomic mass is 10.1. The van der Waals surface area contributed by atoms with E-state index in [1.807, 2.05) is 6.92 Å². The monoisotopic (exact) mass is 301 g/mol. The van der Waals surface area contributed by atoms with Crippen molar-refractivity contribution in [3.63, 3.8) is 0 Å². The zero-order chi connectivity index (χ0) is 16.4. The van der Waals surface area contributed by atoms with Crippen molar-refractivity contribution in [3.8, 4) is 6.07 Å². The minimum atomic E-state index is -0.335. The summed E-state index contributed by atoms with van der Waals surface area (Å²) < 4.78 is 1.51. The molecule has 22 heavy (non-hydrogen) atoms. The Kier molecular flexibility index (Phi) is 4.31. The van der Waals surface area contributed by atoms with Crippen LogP contribution in [0.1, 0.15) is 29.9 Å². The first-order valence-corrected chi connectivity index (χ1v) is 7.14. The summed E-state index contributed by atoms with van der Waals surface area (Å²) in [4.78, 5) is 30.8. The molecule has 7 nitrogen and oxygen atoms in total. The van der Waals surface area contributed by atoms with Gasteiger partial charge in [-0.25, -0.2) is 4.98 Å². The van der Waals surface area contributed by atoms with E-state index < -0.39 is 0 Å². The van der Waals surface area contributed by atoms with Crippen LogP contribution in [0, 0.1) is 24.2 Å². The van der Waals surface area contributed by atoms with Crippen LogP contribution in [0.4, 0.5) is 0 Å². The number of rotatable bonds is 4. The van der Waals surface area contributed by atoms with Crippen molar-refractivity contribution in [2.75, 3.05) is 13.1 Å². The van der Waals surface area contributed by atoms with Gasteiger partial charge in [0.25, 0.3) is 11.5 Å². The van der Waals surface area contributed by atoms with Crippen LogP contribution in [0.2, 0.25) is 0 Å². The smallest absolute Gasteiger partial charge is 0.274 e. The maximum Gasteiger partial charge on any atom is 0.274 e. The van der Waals surface area contributed by atoms with Crippen LogP contribution in [-0.4, -0.2) is 38.7 Å². The van der Waals surface area contributed by atoms with E-state index in [1.165, 1.54) is 4.68 Å². The Labute approximate surface area is 128 Å². The van der Waals surface area contributed by atoms with Crippen LogP contribution < -0.4 is 5.56 Å². The zero-order valence-corrected chi connectivity index (χ0v) is 13.2. The van der Waals surface area contributed by atoms with Crippen molar-refractivity contribution < 1.29 is 4.79 Å². The first-order valence-electron chi connectivity index (χ1n) is 7.14. The van der Waals surface area contributed by atoms with Crippen LogP contribution in [0.15, 0.2) is 10.9 Å². The highest BCUT2D eigenvalue weighted by atomic mass is 16.2. The first-order chi connectivity index (χ1) is 10.4. The van der Waals surface area contributed by atoms with E-state index in [1.54, 1.807) is 31.9 Å². The number of hydrogen-bond acceptors (Lipinski definition) is 4. The lowest BCUT2D eigenvalue weighted by Crippen LogP contribution is -2.35.